The van der Waals surface area contributed by atoms with Gasteiger partial charge in [-0.3, -0.25) is 9.59 Å². The van der Waals surface area contributed by atoms with Crippen LogP contribution in [0.5, 0.6) is 11.5 Å². The fourth-order valence-electron chi connectivity index (χ4n) is 1.93. The van der Waals surface area contributed by atoms with Gasteiger partial charge in [-0.15, -0.1) is 0 Å². The van der Waals surface area contributed by atoms with Crippen LogP contribution in [-0.2, 0) is 4.79 Å². The second-order valence-electron chi connectivity index (χ2n) is 4.65. The van der Waals surface area contributed by atoms with E-state index in [1.54, 1.807) is 18.2 Å². The second kappa shape index (κ2) is 8.14. The Morgan fingerprint density at radius 1 is 1.29 bits per heavy atom. The first kappa shape index (κ1) is 16.8. The Morgan fingerprint density at radius 2 is 2.00 bits per heavy atom. The van der Waals surface area contributed by atoms with E-state index in [0.29, 0.717) is 30.0 Å². The summed E-state index contributed by atoms with van der Waals surface area (Å²) in [6, 6.07) is 4.92. The summed E-state index contributed by atoms with van der Waals surface area (Å²) in [6.07, 6.45) is 0.725. The van der Waals surface area contributed by atoms with Gasteiger partial charge in [0.2, 0.25) is 0 Å². The van der Waals surface area contributed by atoms with E-state index >= 15 is 0 Å². The minimum Gasteiger partial charge on any atom is -0.497 e. The Bertz CT molecular complexity index is 501. The summed E-state index contributed by atoms with van der Waals surface area (Å²) in [4.78, 5) is 22.9. The normalized spacial score (nSPS) is 11.6. The first-order chi connectivity index (χ1) is 10.0. The first-order valence-corrected chi connectivity index (χ1v) is 6.73. The minimum atomic E-state index is -0.863. The molecule has 0 saturated heterocycles. The van der Waals surface area contributed by atoms with Crippen molar-refractivity contribution in [1.82, 2.24) is 5.32 Å². The van der Waals surface area contributed by atoms with Crippen molar-refractivity contribution in [3.63, 3.8) is 0 Å². The van der Waals surface area contributed by atoms with Crippen LogP contribution in [0, 0.1) is 5.92 Å². The molecule has 1 aromatic carbocycles. The molecule has 1 aromatic rings. The molecule has 1 rings (SSSR count). The van der Waals surface area contributed by atoms with Gasteiger partial charge in [-0.2, -0.15) is 0 Å². The third kappa shape index (κ3) is 4.98. The summed E-state index contributed by atoms with van der Waals surface area (Å²) >= 11 is 0. The van der Waals surface area contributed by atoms with Crippen LogP contribution in [0.2, 0.25) is 0 Å². The molecule has 0 bridgehead atoms. The average Bonchev–Trinajstić information content (AvgIpc) is 2.49. The first-order valence-electron chi connectivity index (χ1n) is 6.73. The summed E-state index contributed by atoms with van der Waals surface area (Å²) in [5, 5.41) is 11.5. The van der Waals surface area contributed by atoms with Gasteiger partial charge in [0.1, 0.15) is 11.5 Å². The van der Waals surface area contributed by atoms with Gasteiger partial charge in [0.25, 0.3) is 5.91 Å². The molecule has 2 N–H and O–H groups in total. The maximum atomic E-state index is 12.2. The van der Waals surface area contributed by atoms with Crippen LogP contribution in [0.15, 0.2) is 18.2 Å². The average molecular weight is 295 g/mol. The molecule has 1 amide bonds. The van der Waals surface area contributed by atoms with Crippen molar-refractivity contribution < 1.29 is 24.2 Å². The van der Waals surface area contributed by atoms with Gasteiger partial charge in [0, 0.05) is 19.0 Å². The summed E-state index contributed by atoms with van der Waals surface area (Å²) in [5.41, 5.74) is 0.392. The van der Waals surface area contributed by atoms with Crippen LogP contribution < -0.4 is 14.8 Å². The molecule has 0 spiro atoms. The van der Waals surface area contributed by atoms with E-state index in [0.717, 1.165) is 0 Å². The van der Waals surface area contributed by atoms with Gasteiger partial charge in [0.15, 0.2) is 0 Å². The number of nitrogens with one attached hydrogen (secondary N) is 1. The zero-order chi connectivity index (χ0) is 15.8. The molecule has 0 radical (unpaired) electrons. The standard InChI is InChI=1S/C15H21NO5/c1-4-10(7-14(17)18)9-16-15(19)12-6-5-11(20-2)8-13(12)21-3/h5-6,8,10H,4,7,9H2,1-3H3,(H,16,19)(H,17,18). The Hall–Kier alpha value is -2.24. The molecule has 21 heavy (non-hydrogen) atoms. The van der Waals surface area contributed by atoms with Crippen molar-refractivity contribution in [3.8, 4) is 11.5 Å². The lowest BCUT2D eigenvalue weighted by Gasteiger charge is -2.15. The van der Waals surface area contributed by atoms with Gasteiger partial charge in [-0.25, -0.2) is 0 Å². The van der Waals surface area contributed by atoms with Crippen molar-refractivity contribution in [3.05, 3.63) is 23.8 Å². The molecule has 1 unspecified atom stereocenters. The molecule has 6 nitrogen and oxygen atoms in total. The summed E-state index contributed by atoms with van der Waals surface area (Å²) < 4.78 is 10.2. The van der Waals surface area contributed by atoms with E-state index in [2.05, 4.69) is 5.32 Å². The van der Waals surface area contributed by atoms with Crippen molar-refractivity contribution >= 4 is 11.9 Å². The summed E-state index contributed by atoms with van der Waals surface area (Å²) in [6.45, 7) is 2.21. The van der Waals surface area contributed by atoms with Crippen LogP contribution in [0.3, 0.4) is 0 Å². The smallest absolute Gasteiger partial charge is 0.303 e. The van der Waals surface area contributed by atoms with E-state index in [1.807, 2.05) is 6.92 Å². The number of hydrogen-bond acceptors (Lipinski definition) is 4. The minimum absolute atomic E-state index is 0.0382. The molecule has 0 fully saturated rings. The number of hydrogen-bond donors (Lipinski definition) is 2. The molecular weight excluding hydrogens is 274 g/mol. The number of carboxylic acid groups (broad SMARTS) is 1. The Balaban J connectivity index is 2.73. The molecule has 0 aliphatic carbocycles. The molecule has 116 valence electrons. The third-order valence-corrected chi connectivity index (χ3v) is 3.25. The Morgan fingerprint density at radius 3 is 2.52 bits per heavy atom. The van der Waals surface area contributed by atoms with E-state index in [9.17, 15) is 9.59 Å². The molecule has 0 aliphatic heterocycles. The van der Waals surface area contributed by atoms with Crippen molar-refractivity contribution in [2.45, 2.75) is 19.8 Å². The number of methoxy groups -OCH3 is 2. The SMILES string of the molecule is CCC(CNC(=O)c1ccc(OC)cc1OC)CC(=O)O. The molecule has 0 saturated carbocycles. The highest BCUT2D eigenvalue weighted by Gasteiger charge is 2.16. The van der Waals surface area contributed by atoms with Gasteiger partial charge < -0.3 is 19.9 Å². The van der Waals surface area contributed by atoms with E-state index < -0.39 is 5.97 Å². The predicted molar refractivity (Wildman–Crippen MR) is 77.9 cm³/mol. The number of ether oxygens (including phenoxy) is 2. The van der Waals surface area contributed by atoms with Crippen molar-refractivity contribution in [2.24, 2.45) is 5.92 Å². The monoisotopic (exact) mass is 295 g/mol. The zero-order valence-corrected chi connectivity index (χ0v) is 12.5. The molecule has 1 atom stereocenters. The van der Waals surface area contributed by atoms with Crippen LogP contribution >= 0.6 is 0 Å². The van der Waals surface area contributed by atoms with Crippen LogP contribution in [0.1, 0.15) is 30.1 Å². The predicted octanol–water partition coefficient (Wildman–Crippen LogP) is 1.93. The largest absolute Gasteiger partial charge is 0.497 e. The number of rotatable bonds is 8. The van der Waals surface area contributed by atoms with Gasteiger partial charge in [0.05, 0.1) is 19.8 Å². The Kier molecular flexibility index (Phi) is 6.52. The number of carbonyl (C=O) groups excluding carboxylic acids is 1. The quantitative estimate of drug-likeness (QED) is 0.765. The highest BCUT2D eigenvalue weighted by Crippen LogP contribution is 2.24. The van der Waals surface area contributed by atoms with Gasteiger partial charge in [-0.1, -0.05) is 13.3 Å². The molecular formula is C15H21NO5. The summed E-state index contributed by atoms with van der Waals surface area (Å²) in [5.74, 6) is -0.231. The number of carboxylic acids is 1. The second-order valence-corrected chi connectivity index (χ2v) is 4.65. The third-order valence-electron chi connectivity index (χ3n) is 3.25. The molecule has 6 heteroatoms. The summed E-state index contributed by atoms with van der Waals surface area (Å²) in [7, 11) is 3.01. The number of aliphatic carboxylic acids is 1. The number of amides is 1. The van der Waals surface area contributed by atoms with Gasteiger partial charge >= 0.3 is 5.97 Å². The maximum Gasteiger partial charge on any atom is 0.303 e. The number of benzene rings is 1. The fourth-order valence-corrected chi connectivity index (χ4v) is 1.93. The van der Waals surface area contributed by atoms with Crippen LogP contribution in [0.25, 0.3) is 0 Å². The Labute approximate surface area is 124 Å². The zero-order valence-electron chi connectivity index (χ0n) is 12.5. The van der Waals surface area contributed by atoms with Crippen LogP contribution in [-0.4, -0.2) is 37.7 Å². The van der Waals surface area contributed by atoms with E-state index in [4.69, 9.17) is 14.6 Å². The topological polar surface area (TPSA) is 84.9 Å². The molecule has 0 heterocycles. The van der Waals surface area contributed by atoms with Crippen LogP contribution in [0.4, 0.5) is 0 Å². The lowest BCUT2D eigenvalue weighted by atomic mass is 10.0. The van der Waals surface area contributed by atoms with Crippen molar-refractivity contribution in [2.75, 3.05) is 20.8 Å². The van der Waals surface area contributed by atoms with Crippen molar-refractivity contribution in [1.29, 1.82) is 0 Å². The van der Waals surface area contributed by atoms with E-state index in [-0.39, 0.29) is 18.2 Å². The fraction of sp³-hybridized carbons (Fsp3) is 0.467. The molecule has 0 aliphatic rings. The van der Waals surface area contributed by atoms with E-state index in [1.165, 1.54) is 14.2 Å². The molecule has 0 aromatic heterocycles. The van der Waals surface area contributed by atoms with Gasteiger partial charge in [-0.05, 0) is 18.1 Å². The number of carbonyl (C=O) groups is 2. The lowest BCUT2D eigenvalue weighted by Crippen LogP contribution is -2.30. The lowest BCUT2D eigenvalue weighted by molar-refractivity contribution is -0.138. The highest BCUT2D eigenvalue weighted by atomic mass is 16.5. The highest BCUT2D eigenvalue weighted by molar-refractivity contribution is 5.97. The maximum absolute atomic E-state index is 12.2.